The molecule has 1 aliphatic carbocycles. The lowest BCUT2D eigenvalue weighted by molar-refractivity contribution is 0.0942. The number of carbonyl (C=O) groups excluding carboxylic acids is 1. The predicted molar refractivity (Wildman–Crippen MR) is 83.0 cm³/mol. The van der Waals surface area contributed by atoms with Crippen molar-refractivity contribution in [2.75, 3.05) is 6.54 Å². The van der Waals surface area contributed by atoms with Crippen molar-refractivity contribution in [2.24, 2.45) is 0 Å². The highest BCUT2D eigenvalue weighted by atomic mass is 32.2. The molecule has 1 saturated carbocycles. The van der Waals surface area contributed by atoms with Crippen LogP contribution in [0.15, 0.2) is 29.2 Å². The Morgan fingerprint density at radius 1 is 1.32 bits per heavy atom. The number of aliphatic hydroxyl groups excluding tert-OH is 1. The third-order valence-electron chi connectivity index (χ3n) is 3.56. The first kappa shape index (κ1) is 16.9. The van der Waals surface area contributed by atoms with Gasteiger partial charge in [-0.1, -0.05) is 6.92 Å². The monoisotopic (exact) mass is 326 g/mol. The van der Waals surface area contributed by atoms with Gasteiger partial charge in [-0.2, -0.15) is 0 Å². The molecule has 0 spiro atoms. The number of hydrogen-bond donors (Lipinski definition) is 3. The summed E-state index contributed by atoms with van der Waals surface area (Å²) in [4.78, 5) is 12.1. The fraction of sp³-hybridized carbons (Fsp3) is 0.533. The molecule has 1 fully saturated rings. The zero-order valence-electron chi connectivity index (χ0n) is 12.6. The van der Waals surface area contributed by atoms with Gasteiger partial charge in [-0.25, -0.2) is 13.1 Å². The van der Waals surface area contributed by atoms with Gasteiger partial charge >= 0.3 is 0 Å². The molecule has 1 amide bonds. The normalized spacial score (nSPS) is 16.3. The molecule has 0 bridgehead atoms. The fourth-order valence-electron chi connectivity index (χ4n) is 1.93. The van der Waals surface area contributed by atoms with Crippen LogP contribution in [0.1, 0.15) is 43.0 Å². The molecule has 122 valence electrons. The fourth-order valence-corrected chi connectivity index (χ4v) is 3.24. The third kappa shape index (κ3) is 4.79. The number of nitrogens with one attached hydrogen (secondary N) is 2. The van der Waals surface area contributed by atoms with E-state index in [1.54, 1.807) is 0 Å². The maximum absolute atomic E-state index is 12.0. The quantitative estimate of drug-likeness (QED) is 0.664. The molecule has 0 aliphatic heterocycles. The van der Waals surface area contributed by atoms with Crippen molar-refractivity contribution < 1.29 is 18.3 Å². The summed E-state index contributed by atoms with van der Waals surface area (Å²) in [7, 11) is -3.49. The molecule has 1 aliphatic rings. The van der Waals surface area contributed by atoms with Gasteiger partial charge < -0.3 is 10.4 Å². The molecule has 1 unspecified atom stereocenters. The van der Waals surface area contributed by atoms with E-state index in [0.717, 1.165) is 12.8 Å². The summed E-state index contributed by atoms with van der Waals surface area (Å²) in [6.07, 6.45) is 2.49. The van der Waals surface area contributed by atoms with E-state index in [-0.39, 0.29) is 16.8 Å². The molecule has 0 aromatic heterocycles. The van der Waals surface area contributed by atoms with E-state index < -0.39 is 16.1 Å². The smallest absolute Gasteiger partial charge is 0.251 e. The van der Waals surface area contributed by atoms with Gasteiger partial charge in [0.05, 0.1) is 11.0 Å². The lowest BCUT2D eigenvalue weighted by Gasteiger charge is -2.09. The maximum atomic E-state index is 12.0. The lowest BCUT2D eigenvalue weighted by Crippen LogP contribution is -2.27. The average Bonchev–Trinajstić information content (AvgIpc) is 3.30. The number of sulfonamides is 1. The van der Waals surface area contributed by atoms with E-state index in [2.05, 4.69) is 10.0 Å². The summed E-state index contributed by atoms with van der Waals surface area (Å²) >= 11 is 0. The van der Waals surface area contributed by atoms with E-state index in [4.69, 9.17) is 0 Å². The van der Waals surface area contributed by atoms with Gasteiger partial charge in [-0.3, -0.25) is 4.79 Å². The van der Waals surface area contributed by atoms with Crippen molar-refractivity contribution in [3.8, 4) is 0 Å². The molecule has 6 nitrogen and oxygen atoms in total. The maximum Gasteiger partial charge on any atom is 0.251 e. The number of hydrogen-bond acceptors (Lipinski definition) is 4. The second-order valence-electron chi connectivity index (χ2n) is 5.53. The van der Waals surface area contributed by atoms with E-state index in [9.17, 15) is 18.3 Å². The lowest BCUT2D eigenvalue weighted by atomic mass is 10.2. The first-order valence-electron chi connectivity index (χ1n) is 7.51. The summed E-state index contributed by atoms with van der Waals surface area (Å²) in [5, 5.41) is 12.1. The van der Waals surface area contributed by atoms with Gasteiger partial charge in [-0.15, -0.1) is 0 Å². The van der Waals surface area contributed by atoms with E-state index in [0.29, 0.717) is 24.9 Å². The first-order chi connectivity index (χ1) is 10.4. The van der Waals surface area contributed by atoms with Crippen LogP contribution in [0.5, 0.6) is 0 Å². The first-order valence-corrected chi connectivity index (χ1v) is 8.99. The van der Waals surface area contributed by atoms with E-state index in [1.165, 1.54) is 24.3 Å². The van der Waals surface area contributed by atoms with Crippen LogP contribution in [0, 0.1) is 0 Å². The molecule has 1 aromatic carbocycles. The van der Waals surface area contributed by atoms with E-state index >= 15 is 0 Å². The topological polar surface area (TPSA) is 95.5 Å². The Hall–Kier alpha value is -1.44. The molecule has 1 atom stereocenters. The van der Waals surface area contributed by atoms with Crippen LogP contribution in [0.2, 0.25) is 0 Å². The van der Waals surface area contributed by atoms with Crippen LogP contribution in [-0.2, 0) is 10.0 Å². The number of amides is 1. The van der Waals surface area contributed by atoms with Crippen LogP contribution in [-0.4, -0.2) is 38.1 Å². The minimum absolute atomic E-state index is 0.0537. The molecule has 2 rings (SSSR count). The van der Waals surface area contributed by atoms with Crippen molar-refractivity contribution in [3.05, 3.63) is 29.8 Å². The van der Waals surface area contributed by atoms with Gasteiger partial charge in [-0.05, 0) is 49.9 Å². The van der Waals surface area contributed by atoms with Crippen molar-refractivity contribution in [1.82, 2.24) is 10.0 Å². The second-order valence-corrected chi connectivity index (χ2v) is 7.24. The molecule has 1 aromatic rings. The highest BCUT2D eigenvalue weighted by Gasteiger charge is 2.27. The molecule has 0 radical (unpaired) electrons. The number of carbonyl (C=O) groups is 1. The Morgan fingerprint density at radius 3 is 2.50 bits per heavy atom. The van der Waals surface area contributed by atoms with Crippen molar-refractivity contribution in [1.29, 1.82) is 0 Å². The van der Waals surface area contributed by atoms with Crippen LogP contribution in [0.4, 0.5) is 0 Å². The van der Waals surface area contributed by atoms with Crippen LogP contribution >= 0.6 is 0 Å². The van der Waals surface area contributed by atoms with Crippen LogP contribution in [0.25, 0.3) is 0 Å². The van der Waals surface area contributed by atoms with Gasteiger partial charge in [0.1, 0.15) is 0 Å². The third-order valence-corrected chi connectivity index (χ3v) is 5.10. The summed E-state index contributed by atoms with van der Waals surface area (Å²) < 4.78 is 26.6. The SMILES string of the molecule is CCC(O)CCNC(=O)c1ccc(S(=O)(=O)NC2CC2)cc1. The highest BCUT2D eigenvalue weighted by molar-refractivity contribution is 7.89. The van der Waals surface area contributed by atoms with Crippen molar-refractivity contribution in [3.63, 3.8) is 0 Å². The van der Waals surface area contributed by atoms with Crippen LogP contribution in [0.3, 0.4) is 0 Å². The molecule has 0 heterocycles. The number of benzene rings is 1. The Bertz CT molecular complexity index is 609. The minimum Gasteiger partial charge on any atom is -0.393 e. The van der Waals surface area contributed by atoms with Gasteiger partial charge in [0.15, 0.2) is 0 Å². The van der Waals surface area contributed by atoms with Gasteiger partial charge in [0.25, 0.3) is 5.91 Å². The molecular weight excluding hydrogens is 304 g/mol. The Kier molecular flexibility index (Phi) is 5.55. The summed E-state index contributed by atoms with van der Waals surface area (Å²) in [6.45, 7) is 2.26. The Labute approximate surface area is 131 Å². The Morgan fingerprint density at radius 2 is 1.95 bits per heavy atom. The van der Waals surface area contributed by atoms with Crippen molar-refractivity contribution >= 4 is 15.9 Å². The van der Waals surface area contributed by atoms with E-state index in [1.807, 2.05) is 6.92 Å². The average molecular weight is 326 g/mol. The summed E-state index contributed by atoms with van der Waals surface area (Å²) in [5.74, 6) is -0.276. The van der Waals surface area contributed by atoms with Crippen molar-refractivity contribution in [2.45, 2.75) is 49.6 Å². The molecule has 22 heavy (non-hydrogen) atoms. The molecule has 3 N–H and O–H groups in total. The summed E-state index contributed by atoms with van der Waals surface area (Å²) in [5.41, 5.74) is 0.399. The van der Waals surface area contributed by atoms with Gasteiger partial charge in [0, 0.05) is 18.2 Å². The number of rotatable bonds is 8. The van der Waals surface area contributed by atoms with Gasteiger partial charge in [0.2, 0.25) is 10.0 Å². The Balaban J connectivity index is 1.91. The zero-order valence-corrected chi connectivity index (χ0v) is 13.4. The highest BCUT2D eigenvalue weighted by Crippen LogP contribution is 2.22. The minimum atomic E-state index is -3.49. The molecule has 7 heteroatoms. The largest absolute Gasteiger partial charge is 0.393 e. The predicted octanol–water partition coefficient (Wildman–Crippen LogP) is 1.02. The summed E-state index contributed by atoms with van der Waals surface area (Å²) in [6, 6.07) is 5.90. The zero-order chi connectivity index (χ0) is 16.2. The second kappa shape index (κ2) is 7.21. The standard InChI is InChI=1S/C15H22N2O4S/c1-2-13(18)9-10-16-15(19)11-3-7-14(8-4-11)22(20,21)17-12-5-6-12/h3-4,7-8,12-13,17-18H,2,5-6,9-10H2,1H3,(H,16,19). The molecule has 0 saturated heterocycles. The molecular formula is C15H22N2O4S. The number of aliphatic hydroxyl groups is 1. The van der Waals surface area contributed by atoms with Crippen LogP contribution < -0.4 is 10.0 Å².